The van der Waals surface area contributed by atoms with Crippen molar-refractivity contribution in [2.45, 2.75) is 38.1 Å². The van der Waals surface area contributed by atoms with Gasteiger partial charge in [-0.15, -0.1) is 0 Å². The molecule has 2 saturated heterocycles. The van der Waals surface area contributed by atoms with Crippen LogP contribution < -0.4 is 0 Å². The van der Waals surface area contributed by atoms with Crippen LogP contribution in [0.25, 0.3) is 6.08 Å². The average molecular weight is 318 g/mol. The summed E-state index contributed by atoms with van der Waals surface area (Å²) in [5.74, 6) is 1.45. The predicted molar refractivity (Wildman–Crippen MR) is 89.6 cm³/mol. The number of imidazole rings is 1. The second-order valence-corrected chi connectivity index (χ2v) is 6.51. The van der Waals surface area contributed by atoms with Crippen molar-refractivity contribution in [2.24, 2.45) is 0 Å². The van der Waals surface area contributed by atoms with Crippen LogP contribution in [0.15, 0.2) is 12.8 Å². The highest BCUT2D eigenvalue weighted by Crippen LogP contribution is 2.28. The van der Waals surface area contributed by atoms with Crippen molar-refractivity contribution in [1.82, 2.24) is 19.4 Å². The summed E-state index contributed by atoms with van der Waals surface area (Å²) >= 11 is 0. The van der Waals surface area contributed by atoms with Crippen LogP contribution in [-0.4, -0.2) is 63.3 Å². The minimum absolute atomic E-state index is 0.345. The van der Waals surface area contributed by atoms with Crippen LogP contribution in [0.5, 0.6) is 0 Å². The van der Waals surface area contributed by atoms with Gasteiger partial charge in [-0.1, -0.05) is 6.58 Å². The quantitative estimate of drug-likeness (QED) is 0.906. The van der Waals surface area contributed by atoms with Crippen LogP contribution in [0.3, 0.4) is 0 Å². The molecule has 0 bridgehead atoms. The van der Waals surface area contributed by atoms with Crippen molar-refractivity contribution < 1.29 is 9.90 Å². The number of aromatic nitrogens is 2. The summed E-state index contributed by atoms with van der Waals surface area (Å²) < 4.78 is 2.26. The summed E-state index contributed by atoms with van der Waals surface area (Å²) in [6, 6.07) is 0. The number of rotatable bonds is 5. The van der Waals surface area contributed by atoms with Gasteiger partial charge in [-0.3, -0.25) is 0 Å². The lowest BCUT2D eigenvalue weighted by Crippen LogP contribution is -2.37. The van der Waals surface area contributed by atoms with Gasteiger partial charge in [0.15, 0.2) is 0 Å². The molecule has 23 heavy (non-hydrogen) atoms. The number of hydrogen-bond donors (Lipinski definition) is 1. The maximum Gasteiger partial charge on any atom is 0.407 e. The highest BCUT2D eigenvalue weighted by Gasteiger charge is 2.26. The van der Waals surface area contributed by atoms with Crippen LogP contribution in [0, 0.1) is 0 Å². The van der Waals surface area contributed by atoms with E-state index in [9.17, 15) is 4.79 Å². The first kappa shape index (κ1) is 16.1. The van der Waals surface area contributed by atoms with E-state index in [-0.39, 0.29) is 0 Å². The van der Waals surface area contributed by atoms with Gasteiger partial charge in [-0.05, 0) is 44.8 Å². The van der Waals surface area contributed by atoms with Crippen molar-refractivity contribution in [3.63, 3.8) is 0 Å². The van der Waals surface area contributed by atoms with Gasteiger partial charge in [-0.2, -0.15) is 0 Å². The van der Waals surface area contributed by atoms with Crippen LogP contribution in [0.1, 0.15) is 43.1 Å². The van der Waals surface area contributed by atoms with Gasteiger partial charge in [0.25, 0.3) is 0 Å². The largest absolute Gasteiger partial charge is 0.465 e. The van der Waals surface area contributed by atoms with Crippen LogP contribution in [-0.2, 0) is 6.54 Å². The van der Waals surface area contributed by atoms with Crippen molar-refractivity contribution >= 4 is 12.2 Å². The first-order chi connectivity index (χ1) is 11.2. The molecule has 3 heterocycles. The summed E-state index contributed by atoms with van der Waals surface area (Å²) in [4.78, 5) is 19.8. The smallest absolute Gasteiger partial charge is 0.407 e. The zero-order valence-electron chi connectivity index (χ0n) is 13.7. The van der Waals surface area contributed by atoms with E-state index >= 15 is 0 Å². The van der Waals surface area contributed by atoms with E-state index in [0.29, 0.717) is 19.0 Å². The van der Waals surface area contributed by atoms with Crippen molar-refractivity contribution in [3.05, 3.63) is 24.3 Å². The third kappa shape index (κ3) is 3.75. The molecule has 2 fully saturated rings. The summed E-state index contributed by atoms with van der Waals surface area (Å²) in [6.07, 6.45) is 7.38. The Morgan fingerprint density at radius 2 is 1.96 bits per heavy atom. The van der Waals surface area contributed by atoms with Gasteiger partial charge in [-0.25, -0.2) is 9.78 Å². The van der Waals surface area contributed by atoms with E-state index in [4.69, 9.17) is 10.1 Å². The maximum absolute atomic E-state index is 11.1. The molecule has 0 radical (unpaired) electrons. The van der Waals surface area contributed by atoms with E-state index in [1.54, 1.807) is 6.08 Å². The second kappa shape index (κ2) is 7.17. The molecule has 126 valence electrons. The second-order valence-electron chi connectivity index (χ2n) is 6.51. The van der Waals surface area contributed by atoms with Crippen molar-refractivity contribution in [1.29, 1.82) is 0 Å². The number of hydrogen-bond acceptors (Lipinski definition) is 3. The molecular formula is C17H26N4O2. The van der Waals surface area contributed by atoms with E-state index < -0.39 is 6.09 Å². The van der Waals surface area contributed by atoms with Crippen LogP contribution >= 0.6 is 0 Å². The molecule has 2 aliphatic heterocycles. The van der Waals surface area contributed by atoms with Gasteiger partial charge in [0.2, 0.25) is 0 Å². The first-order valence-corrected chi connectivity index (χ1v) is 8.57. The number of likely N-dealkylation sites (tertiary alicyclic amines) is 2. The lowest BCUT2D eigenvalue weighted by atomic mass is 9.96. The molecule has 1 aromatic rings. The maximum atomic E-state index is 11.1. The number of carbonyl (C=O) groups is 1. The van der Waals surface area contributed by atoms with Gasteiger partial charge < -0.3 is 19.5 Å². The number of amides is 1. The average Bonchev–Trinajstić information content (AvgIpc) is 3.22. The monoisotopic (exact) mass is 318 g/mol. The molecule has 0 spiro atoms. The molecule has 0 unspecified atom stereocenters. The number of piperidine rings is 1. The van der Waals surface area contributed by atoms with Crippen molar-refractivity contribution in [3.8, 4) is 0 Å². The Labute approximate surface area is 137 Å². The fourth-order valence-corrected chi connectivity index (χ4v) is 3.64. The molecule has 1 amide bonds. The summed E-state index contributed by atoms with van der Waals surface area (Å²) in [5.41, 5.74) is 0.919. The Balaban J connectivity index is 1.66. The van der Waals surface area contributed by atoms with Crippen molar-refractivity contribution in [2.75, 3.05) is 32.7 Å². The zero-order valence-corrected chi connectivity index (χ0v) is 13.7. The summed E-state index contributed by atoms with van der Waals surface area (Å²) in [5, 5.41) is 9.08. The Morgan fingerprint density at radius 1 is 1.26 bits per heavy atom. The first-order valence-electron chi connectivity index (χ1n) is 8.57. The molecule has 1 N–H and O–H groups in total. The minimum Gasteiger partial charge on any atom is -0.465 e. The number of carboxylic acid groups (broad SMARTS) is 1. The lowest BCUT2D eigenvalue weighted by Gasteiger charge is -2.30. The van der Waals surface area contributed by atoms with Gasteiger partial charge >= 0.3 is 6.09 Å². The van der Waals surface area contributed by atoms with Crippen LogP contribution in [0.4, 0.5) is 4.79 Å². The van der Waals surface area contributed by atoms with E-state index in [1.807, 2.05) is 0 Å². The molecule has 0 saturated carbocycles. The fraction of sp³-hybridized carbons (Fsp3) is 0.647. The van der Waals surface area contributed by atoms with Gasteiger partial charge in [0.1, 0.15) is 5.82 Å². The Morgan fingerprint density at radius 3 is 2.57 bits per heavy atom. The Hall–Kier alpha value is -1.82. The lowest BCUT2D eigenvalue weighted by molar-refractivity contribution is 0.131. The van der Waals surface area contributed by atoms with Crippen LogP contribution in [0.2, 0.25) is 0 Å². The third-order valence-corrected chi connectivity index (χ3v) is 5.02. The van der Waals surface area contributed by atoms with E-state index in [2.05, 4.69) is 22.2 Å². The van der Waals surface area contributed by atoms with Gasteiger partial charge in [0, 0.05) is 38.3 Å². The molecule has 0 atom stereocenters. The summed E-state index contributed by atoms with van der Waals surface area (Å²) in [6.45, 7) is 9.45. The number of nitrogens with zero attached hydrogens (tertiary/aromatic N) is 4. The molecule has 3 rings (SSSR count). The molecule has 6 heteroatoms. The standard InChI is InChI=1S/C17H26N4O2/c1-2-15-13-21(12-11-19-7-3-4-8-19)16(18-15)14-5-9-20(10-6-14)17(22)23/h2,13-14H,1,3-12H2,(H,22,23). The summed E-state index contributed by atoms with van der Waals surface area (Å²) in [7, 11) is 0. The Bertz CT molecular complexity index is 555. The van der Waals surface area contributed by atoms with E-state index in [0.717, 1.165) is 37.4 Å². The molecule has 0 aromatic carbocycles. The predicted octanol–water partition coefficient (Wildman–Crippen LogP) is 2.48. The molecule has 0 aliphatic carbocycles. The Kier molecular flexibility index (Phi) is 5.00. The topological polar surface area (TPSA) is 61.6 Å². The molecule has 1 aromatic heterocycles. The third-order valence-electron chi connectivity index (χ3n) is 5.02. The fourth-order valence-electron chi connectivity index (χ4n) is 3.64. The minimum atomic E-state index is -0.812. The van der Waals surface area contributed by atoms with E-state index in [1.165, 1.54) is 30.8 Å². The molecular weight excluding hydrogens is 292 g/mol. The highest BCUT2D eigenvalue weighted by molar-refractivity contribution is 5.65. The normalized spacial score (nSPS) is 20.1. The highest BCUT2D eigenvalue weighted by atomic mass is 16.4. The molecule has 2 aliphatic rings. The molecule has 6 nitrogen and oxygen atoms in total. The SMILES string of the molecule is C=Cc1cn(CCN2CCCC2)c(C2CCN(C(=O)O)CC2)n1. The van der Waals surface area contributed by atoms with Gasteiger partial charge in [0.05, 0.1) is 5.69 Å². The zero-order chi connectivity index (χ0) is 16.2.